The van der Waals surface area contributed by atoms with Crippen molar-refractivity contribution in [1.29, 1.82) is 0 Å². The maximum absolute atomic E-state index is 14.4. The van der Waals surface area contributed by atoms with Gasteiger partial charge in [-0.15, -0.1) is 0 Å². The molecule has 5 N–H and O–H groups in total. The second-order valence-electron chi connectivity index (χ2n) is 17.3. The van der Waals surface area contributed by atoms with Gasteiger partial charge in [0.1, 0.15) is 23.7 Å². The molecule has 13 nitrogen and oxygen atoms in total. The summed E-state index contributed by atoms with van der Waals surface area (Å²) in [5, 5.41) is 40.8. The van der Waals surface area contributed by atoms with Crippen LogP contribution in [0, 0.1) is 23.7 Å². The molecule has 2 unspecified atom stereocenters. The SMILES string of the molecule is CC[C@H]1OC(=O)[C@H](C)C(=O)[C@H](C)C(O[C@@H]2O[C@H](C)C[C@H](N(C)C)[C@H]2O)[C@](C)(OCC(C)CNCCCCc2ccccc2)C[C@@H](C)NC(=O)[C@H](C)[C@@H](O)[C@]1(C)O. The molecule has 0 radical (unpaired) electrons. The first-order valence-corrected chi connectivity index (χ1v) is 20.7. The number of nitrogens with one attached hydrogen (secondary N) is 2. The minimum atomic E-state index is -2.00. The van der Waals surface area contributed by atoms with Crippen LogP contribution in [-0.4, -0.2) is 132 Å². The third-order valence-electron chi connectivity index (χ3n) is 11.8. The molecule has 0 bridgehead atoms. The quantitative estimate of drug-likeness (QED) is 0.105. The van der Waals surface area contributed by atoms with Crippen LogP contribution in [0.3, 0.4) is 0 Å². The van der Waals surface area contributed by atoms with Crippen molar-refractivity contribution in [3.8, 4) is 0 Å². The second kappa shape index (κ2) is 21.5. The molecule has 2 fully saturated rings. The number of aliphatic hydroxyl groups excluding tert-OH is 2. The molecule has 1 aromatic carbocycles. The number of Topliss-reactive ketones (excluding diaryl/α,β-unsaturated/α-hetero) is 1. The molecule has 0 aliphatic carbocycles. The van der Waals surface area contributed by atoms with E-state index in [0.717, 1.165) is 25.8 Å². The Bertz CT molecular complexity index is 1380. The van der Waals surface area contributed by atoms with Crippen LogP contribution < -0.4 is 10.6 Å². The van der Waals surface area contributed by atoms with Crippen molar-refractivity contribution in [2.24, 2.45) is 23.7 Å². The lowest BCUT2D eigenvalue weighted by Crippen LogP contribution is -2.60. The zero-order valence-electron chi connectivity index (χ0n) is 35.8. The van der Waals surface area contributed by atoms with Gasteiger partial charge in [-0.1, -0.05) is 58.0 Å². The van der Waals surface area contributed by atoms with Crippen molar-refractivity contribution < 1.29 is 48.7 Å². The zero-order valence-corrected chi connectivity index (χ0v) is 35.8. The number of aryl methyl sites for hydroxylation is 1. The first-order chi connectivity index (χ1) is 26.2. The van der Waals surface area contributed by atoms with Gasteiger partial charge in [-0.05, 0) is 112 Å². The van der Waals surface area contributed by atoms with Crippen LogP contribution in [0.5, 0.6) is 0 Å². The van der Waals surface area contributed by atoms with Gasteiger partial charge in [0.25, 0.3) is 0 Å². The number of likely N-dealkylation sites (N-methyl/N-ethyl adjacent to an activating group) is 1. The zero-order chi connectivity index (χ0) is 42.0. The molecule has 0 saturated carbocycles. The van der Waals surface area contributed by atoms with E-state index >= 15 is 0 Å². The molecule has 2 aliphatic rings. The fraction of sp³-hybridized carbons (Fsp3) is 0.791. The van der Waals surface area contributed by atoms with E-state index < -0.39 is 83.4 Å². The molecular weight excluding hydrogens is 718 g/mol. The molecule has 1 aromatic rings. The molecule has 0 aromatic heterocycles. The molecule has 2 aliphatic heterocycles. The standard InChI is InChI=1S/C43H73N3O10/c1-12-34-43(9,52)37(49)31(7)39(50)45-27(3)23-42(8,53-25-26(2)24-44-21-17-16-20-32-18-14-13-15-19-32)38(29(5)35(47)30(6)40(51)55-34)56-41-36(48)33(46(10)11)22-28(4)54-41/h13-15,18-19,26-31,33-34,36-38,41,44,48-49,52H,12,16-17,20-25H2,1-11H3,(H,45,50)/t26?,27-,28-,29+,30-,31-,33+,34-,36-,37-,38?,41+,42-,43-/m1/s1. The number of esters is 1. The Morgan fingerprint density at radius 2 is 1.68 bits per heavy atom. The molecule has 13 heteroatoms. The van der Waals surface area contributed by atoms with Crippen molar-refractivity contribution in [3.63, 3.8) is 0 Å². The van der Waals surface area contributed by atoms with E-state index in [2.05, 4.69) is 41.8 Å². The van der Waals surface area contributed by atoms with Crippen LogP contribution in [-0.2, 0) is 39.8 Å². The molecule has 2 saturated heterocycles. The van der Waals surface area contributed by atoms with Gasteiger partial charge in [0, 0.05) is 18.0 Å². The molecular formula is C43H73N3O10. The minimum absolute atomic E-state index is 0.0426. The predicted octanol–water partition coefficient (Wildman–Crippen LogP) is 3.64. The van der Waals surface area contributed by atoms with E-state index in [1.165, 1.54) is 26.3 Å². The van der Waals surface area contributed by atoms with Crippen molar-refractivity contribution >= 4 is 17.7 Å². The van der Waals surface area contributed by atoms with Crippen molar-refractivity contribution in [2.75, 3.05) is 33.8 Å². The fourth-order valence-corrected chi connectivity index (χ4v) is 8.20. The molecule has 14 atom stereocenters. The predicted molar refractivity (Wildman–Crippen MR) is 215 cm³/mol. The number of carbonyl (C=O) groups is 3. The van der Waals surface area contributed by atoms with Gasteiger partial charge < -0.3 is 49.8 Å². The third kappa shape index (κ3) is 12.8. The number of unbranched alkanes of at least 4 members (excludes halogenated alkanes) is 1. The van der Waals surface area contributed by atoms with E-state index in [1.807, 2.05) is 38.9 Å². The molecule has 3 rings (SSSR count). The number of nitrogens with zero attached hydrogens (tertiary/aromatic N) is 1. The lowest BCUT2D eigenvalue weighted by molar-refractivity contribution is -0.298. The summed E-state index contributed by atoms with van der Waals surface area (Å²) in [4.78, 5) is 43.6. The normalized spacial score (nSPS) is 37.3. The highest BCUT2D eigenvalue weighted by molar-refractivity contribution is 6.00. The summed E-state index contributed by atoms with van der Waals surface area (Å²) < 4.78 is 25.5. The molecule has 1 amide bonds. The smallest absolute Gasteiger partial charge is 0.316 e. The maximum atomic E-state index is 14.4. The number of ether oxygens (including phenoxy) is 4. The molecule has 0 spiro atoms. The summed E-state index contributed by atoms with van der Waals surface area (Å²) in [5.41, 5.74) is -1.95. The summed E-state index contributed by atoms with van der Waals surface area (Å²) in [5.74, 6) is -5.18. The summed E-state index contributed by atoms with van der Waals surface area (Å²) in [6.45, 7) is 17.0. The van der Waals surface area contributed by atoms with Gasteiger partial charge in [-0.2, -0.15) is 0 Å². The van der Waals surface area contributed by atoms with Crippen molar-refractivity contribution in [3.05, 3.63) is 35.9 Å². The number of rotatable bonds is 14. The van der Waals surface area contributed by atoms with Gasteiger partial charge in [-0.25, -0.2) is 0 Å². The van der Waals surface area contributed by atoms with Crippen LogP contribution in [0.1, 0.15) is 100.0 Å². The Morgan fingerprint density at radius 1 is 1.02 bits per heavy atom. The van der Waals surface area contributed by atoms with Gasteiger partial charge in [0.15, 0.2) is 12.1 Å². The van der Waals surface area contributed by atoms with Crippen LogP contribution in [0.2, 0.25) is 0 Å². The number of carbonyl (C=O) groups excluding carboxylic acids is 3. The molecule has 56 heavy (non-hydrogen) atoms. The maximum Gasteiger partial charge on any atom is 0.316 e. The summed E-state index contributed by atoms with van der Waals surface area (Å²) in [7, 11) is 3.75. The Labute approximate surface area is 335 Å². The van der Waals surface area contributed by atoms with Gasteiger partial charge in [-0.3, -0.25) is 14.4 Å². The number of aliphatic hydroxyl groups is 3. The molecule has 2 heterocycles. The Balaban J connectivity index is 1.95. The number of ketones is 1. The molecule has 320 valence electrons. The van der Waals surface area contributed by atoms with E-state index in [9.17, 15) is 29.7 Å². The van der Waals surface area contributed by atoms with Crippen LogP contribution in [0.25, 0.3) is 0 Å². The summed E-state index contributed by atoms with van der Waals surface area (Å²) >= 11 is 0. The van der Waals surface area contributed by atoms with E-state index in [4.69, 9.17) is 18.9 Å². The minimum Gasteiger partial charge on any atom is -0.459 e. The summed E-state index contributed by atoms with van der Waals surface area (Å²) in [6, 6.07) is 9.56. The topological polar surface area (TPSA) is 176 Å². The Morgan fingerprint density at radius 3 is 2.30 bits per heavy atom. The average Bonchev–Trinajstić information content (AvgIpc) is 3.15. The first-order valence-electron chi connectivity index (χ1n) is 20.7. The lowest BCUT2D eigenvalue weighted by Gasteiger charge is -2.47. The van der Waals surface area contributed by atoms with Crippen molar-refractivity contribution in [1.82, 2.24) is 15.5 Å². The average molecular weight is 792 g/mol. The Hall–Kier alpha value is -2.49. The summed E-state index contributed by atoms with van der Waals surface area (Å²) in [6.07, 6.45) is -2.38. The van der Waals surface area contributed by atoms with Crippen LogP contribution in [0.4, 0.5) is 0 Å². The highest BCUT2D eigenvalue weighted by atomic mass is 16.7. The highest BCUT2D eigenvalue weighted by Gasteiger charge is 2.51. The number of cyclic esters (lactones) is 1. The lowest BCUT2D eigenvalue weighted by atomic mass is 9.79. The van der Waals surface area contributed by atoms with E-state index in [1.54, 1.807) is 20.8 Å². The van der Waals surface area contributed by atoms with Crippen LogP contribution >= 0.6 is 0 Å². The largest absolute Gasteiger partial charge is 0.459 e. The first kappa shape index (κ1) is 47.9. The van der Waals surface area contributed by atoms with E-state index in [-0.39, 0.29) is 37.5 Å². The van der Waals surface area contributed by atoms with E-state index in [0.29, 0.717) is 13.0 Å². The number of amides is 1. The monoisotopic (exact) mass is 792 g/mol. The number of benzene rings is 1. The highest BCUT2D eigenvalue weighted by Crippen LogP contribution is 2.37. The third-order valence-corrected chi connectivity index (χ3v) is 11.8. The number of hydrogen-bond donors (Lipinski definition) is 5. The number of hydrogen-bond acceptors (Lipinski definition) is 12. The van der Waals surface area contributed by atoms with Gasteiger partial charge in [0.05, 0.1) is 36.4 Å². The fourth-order valence-electron chi connectivity index (χ4n) is 8.20. The van der Waals surface area contributed by atoms with Crippen molar-refractivity contribution in [2.45, 2.75) is 161 Å². The van der Waals surface area contributed by atoms with Crippen LogP contribution in [0.15, 0.2) is 30.3 Å². The Kier molecular flexibility index (Phi) is 18.4. The van der Waals surface area contributed by atoms with Gasteiger partial charge >= 0.3 is 5.97 Å². The van der Waals surface area contributed by atoms with Gasteiger partial charge in [0.2, 0.25) is 5.91 Å². The second-order valence-corrected chi connectivity index (χ2v) is 17.3.